The zero-order chi connectivity index (χ0) is 12.4. The normalized spacial score (nSPS) is 29.6. The van der Waals surface area contributed by atoms with Crippen LogP contribution in [0.4, 0.5) is 0 Å². The molecule has 1 fully saturated rings. The third-order valence-electron chi connectivity index (χ3n) is 3.78. The van der Waals surface area contributed by atoms with Gasteiger partial charge in [0.1, 0.15) is 0 Å². The van der Waals surface area contributed by atoms with Crippen molar-refractivity contribution in [2.75, 3.05) is 0 Å². The maximum Gasteiger partial charge on any atom is 0.0832 e. The first-order valence-corrected chi connectivity index (χ1v) is 6.64. The lowest BCUT2D eigenvalue weighted by molar-refractivity contribution is -0.0720. The highest BCUT2D eigenvalue weighted by Gasteiger charge is 2.29. The molecule has 2 heterocycles. The number of ether oxygens (including phenoxy) is 1. The van der Waals surface area contributed by atoms with Gasteiger partial charge in [0.2, 0.25) is 0 Å². The fourth-order valence-corrected chi connectivity index (χ4v) is 2.72. The highest BCUT2D eigenvalue weighted by Crippen LogP contribution is 2.38. The Hall–Kier alpha value is -0.890. The van der Waals surface area contributed by atoms with Crippen molar-refractivity contribution in [3.8, 4) is 0 Å². The Morgan fingerprint density at radius 2 is 2.12 bits per heavy atom. The number of aromatic nitrogens is 1. The maximum atomic E-state index is 6.08. The number of pyridine rings is 1. The van der Waals surface area contributed by atoms with Gasteiger partial charge in [-0.05, 0) is 56.2 Å². The molecule has 1 aromatic rings. The molecular weight excluding hydrogens is 210 g/mol. The molecule has 94 valence electrons. The van der Waals surface area contributed by atoms with Gasteiger partial charge in [-0.3, -0.25) is 4.98 Å². The number of rotatable bonds is 2. The molecular formula is C15H23NO. The molecule has 2 rings (SSSR count). The summed E-state index contributed by atoms with van der Waals surface area (Å²) in [6, 6.07) is 4.24. The van der Waals surface area contributed by atoms with E-state index in [1.165, 1.54) is 12.0 Å². The Bertz CT molecular complexity index is 375. The van der Waals surface area contributed by atoms with Gasteiger partial charge in [0.25, 0.3) is 0 Å². The van der Waals surface area contributed by atoms with E-state index in [-0.39, 0.29) is 6.10 Å². The van der Waals surface area contributed by atoms with E-state index in [9.17, 15) is 0 Å². The molecule has 0 saturated carbocycles. The van der Waals surface area contributed by atoms with Gasteiger partial charge < -0.3 is 4.74 Å². The SMILES string of the molecule is Cc1cc(C2CC(C(C)C)CC(C)O2)ccn1. The van der Waals surface area contributed by atoms with Gasteiger partial charge in [-0.2, -0.15) is 0 Å². The molecule has 1 aliphatic rings. The Kier molecular flexibility index (Phi) is 3.82. The average Bonchev–Trinajstić information content (AvgIpc) is 2.28. The summed E-state index contributed by atoms with van der Waals surface area (Å²) >= 11 is 0. The second-order valence-corrected chi connectivity index (χ2v) is 5.64. The van der Waals surface area contributed by atoms with Crippen molar-refractivity contribution >= 4 is 0 Å². The lowest BCUT2D eigenvalue weighted by Gasteiger charge is -2.36. The van der Waals surface area contributed by atoms with E-state index in [4.69, 9.17) is 4.74 Å². The molecule has 0 spiro atoms. The predicted octanol–water partition coefficient (Wildman–Crippen LogP) is 3.90. The smallest absolute Gasteiger partial charge is 0.0832 e. The van der Waals surface area contributed by atoms with Crippen molar-refractivity contribution in [2.24, 2.45) is 11.8 Å². The molecule has 1 aliphatic heterocycles. The van der Waals surface area contributed by atoms with Gasteiger partial charge in [-0.1, -0.05) is 13.8 Å². The molecule has 0 aromatic carbocycles. The molecule has 0 amide bonds. The van der Waals surface area contributed by atoms with Crippen LogP contribution in [0.3, 0.4) is 0 Å². The molecule has 0 bridgehead atoms. The Labute approximate surface area is 104 Å². The van der Waals surface area contributed by atoms with Crippen molar-refractivity contribution in [2.45, 2.75) is 52.7 Å². The first-order valence-electron chi connectivity index (χ1n) is 6.64. The monoisotopic (exact) mass is 233 g/mol. The fourth-order valence-electron chi connectivity index (χ4n) is 2.72. The van der Waals surface area contributed by atoms with Crippen LogP contribution in [0.1, 0.15) is 51.0 Å². The summed E-state index contributed by atoms with van der Waals surface area (Å²) in [6.45, 7) is 8.86. The molecule has 3 unspecified atom stereocenters. The Balaban J connectivity index is 2.15. The zero-order valence-electron chi connectivity index (χ0n) is 11.3. The van der Waals surface area contributed by atoms with Crippen LogP contribution in [-0.2, 0) is 4.74 Å². The van der Waals surface area contributed by atoms with E-state index >= 15 is 0 Å². The van der Waals surface area contributed by atoms with Crippen LogP contribution in [0.25, 0.3) is 0 Å². The lowest BCUT2D eigenvalue weighted by atomic mass is 9.82. The molecule has 0 radical (unpaired) electrons. The Morgan fingerprint density at radius 3 is 2.76 bits per heavy atom. The van der Waals surface area contributed by atoms with Crippen LogP contribution in [0, 0.1) is 18.8 Å². The summed E-state index contributed by atoms with van der Waals surface area (Å²) in [5.74, 6) is 1.52. The van der Waals surface area contributed by atoms with Crippen LogP contribution in [-0.4, -0.2) is 11.1 Å². The zero-order valence-corrected chi connectivity index (χ0v) is 11.3. The molecule has 2 nitrogen and oxygen atoms in total. The van der Waals surface area contributed by atoms with Crippen LogP contribution in [0.5, 0.6) is 0 Å². The first-order chi connectivity index (χ1) is 8.06. The summed E-state index contributed by atoms with van der Waals surface area (Å²) in [5, 5.41) is 0. The summed E-state index contributed by atoms with van der Waals surface area (Å²) in [4.78, 5) is 4.25. The van der Waals surface area contributed by atoms with Gasteiger partial charge in [-0.25, -0.2) is 0 Å². The minimum Gasteiger partial charge on any atom is -0.371 e. The van der Waals surface area contributed by atoms with Gasteiger partial charge in [0.05, 0.1) is 12.2 Å². The molecule has 17 heavy (non-hydrogen) atoms. The van der Waals surface area contributed by atoms with E-state index < -0.39 is 0 Å². The van der Waals surface area contributed by atoms with Crippen molar-refractivity contribution in [3.05, 3.63) is 29.6 Å². The third-order valence-corrected chi connectivity index (χ3v) is 3.78. The third kappa shape index (κ3) is 3.06. The summed E-state index contributed by atoms with van der Waals surface area (Å²) in [6.07, 6.45) is 4.85. The lowest BCUT2D eigenvalue weighted by Crippen LogP contribution is -2.28. The highest BCUT2D eigenvalue weighted by atomic mass is 16.5. The number of aryl methyl sites for hydroxylation is 1. The molecule has 0 aliphatic carbocycles. The van der Waals surface area contributed by atoms with Crippen LogP contribution in [0.2, 0.25) is 0 Å². The maximum absolute atomic E-state index is 6.08. The largest absolute Gasteiger partial charge is 0.371 e. The van der Waals surface area contributed by atoms with Crippen molar-refractivity contribution in [1.29, 1.82) is 0 Å². The molecule has 1 saturated heterocycles. The van der Waals surface area contributed by atoms with E-state index in [2.05, 4.69) is 37.9 Å². The molecule has 2 heteroatoms. The highest BCUT2D eigenvalue weighted by molar-refractivity contribution is 5.18. The van der Waals surface area contributed by atoms with Gasteiger partial charge >= 0.3 is 0 Å². The molecule has 0 N–H and O–H groups in total. The standard InChI is InChI=1S/C15H23NO/c1-10(2)14-8-12(4)17-15(9-14)13-5-6-16-11(3)7-13/h5-7,10,12,14-15H,8-9H2,1-4H3. The second-order valence-electron chi connectivity index (χ2n) is 5.64. The number of hydrogen-bond acceptors (Lipinski definition) is 2. The first kappa shape index (κ1) is 12.6. The quantitative estimate of drug-likeness (QED) is 0.773. The predicted molar refractivity (Wildman–Crippen MR) is 69.8 cm³/mol. The van der Waals surface area contributed by atoms with E-state index in [0.717, 1.165) is 24.0 Å². The Morgan fingerprint density at radius 1 is 1.35 bits per heavy atom. The van der Waals surface area contributed by atoms with Gasteiger partial charge in [-0.15, -0.1) is 0 Å². The summed E-state index contributed by atoms with van der Waals surface area (Å²) in [5.41, 5.74) is 2.36. The van der Waals surface area contributed by atoms with E-state index in [0.29, 0.717) is 6.10 Å². The number of nitrogens with zero attached hydrogens (tertiary/aromatic N) is 1. The van der Waals surface area contributed by atoms with Crippen molar-refractivity contribution in [3.63, 3.8) is 0 Å². The van der Waals surface area contributed by atoms with Crippen molar-refractivity contribution in [1.82, 2.24) is 4.98 Å². The minimum atomic E-state index is 0.257. The van der Waals surface area contributed by atoms with Crippen LogP contribution < -0.4 is 0 Å². The van der Waals surface area contributed by atoms with E-state index in [1.807, 2.05) is 13.1 Å². The van der Waals surface area contributed by atoms with Crippen LogP contribution >= 0.6 is 0 Å². The second kappa shape index (κ2) is 5.18. The molecule has 3 atom stereocenters. The average molecular weight is 233 g/mol. The van der Waals surface area contributed by atoms with Crippen molar-refractivity contribution < 1.29 is 4.74 Å². The minimum absolute atomic E-state index is 0.257. The van der Waals surface area contributed by atoms with Gasteiger partial charge in [0.15, 0.2) is 0 Å². The molecule has 1 aromatic heterocycles. The van der Waals surface area contributed by atoms with Gasteiger partial charge in [0, 0.05) is 11.9 Å². The summed E-state index contributed by atoms with van der Waals surface area (Å²) < 4.78 is 6.08. The van der Waals surface area contributed by atoms with E-state index in [1.54, 1.807) is 0 Å². The van der Waals surface area contributed by atoms with Crippen LogP contribution in [0.15, 0.2) is 18.3 Å². The number of hydrogen-bond donors (Lipinski definition) is 0. The fraction of sp³-hybridized carbons (Fsp3) is 0.667. The summed E-state index contributed by atoms with van der Waals surface area (Å²) in [7, 11) is 0. The topological polar surface area (TPSA) is 22.1 Å².